The summed E-state index contributed by atoms with van der Waals surface area (Å²) in [6.45, 7) is 12.9. The van der Waals surface area contributed by atoms with E-state index in [0.717, 1.165) is 56.1 Å². The van der Waals surface area contributed by atoms with Gasteiger partial charge in [0.1, 0.15) is 0 Å². The highest BCUT2D eigenvalue weighted by molar-refractivity contribution is 7.00. The molecule has 0 unspecified atom stereocenters. The third-order valence-corrected chi connectivity index (χ3v) is 10.5. The molecule has 0 bridgehead atoms. The molecule has 0 radical (unpaired) electrons. The maximum Gasteiger partial charge on any atom is 0.252 e. The Kier molecular flexibility index (Phi) is 5.55. The van der Waals surface area contributed by atoms with Crippen LogP contribution in [0.25, 0.3) is 22.3 Å². The summed E-state index contributed by atoms with van der Waals surface area (Å²) in [7, 11) is 0. The average molecular weight is 695 g/mol. The van der Waals surface area contributed by atoms with Gasteiger partial charge in [0.25, 0.3) is 6.71 Å². The van der Waals surface area contributed by atoms with Crippen LogP contribution in [0, 0.1) is 0 Å². The zero-order valence-electron chi connectivity index (χ0n) is 40.8. The monoisotopic (exact) mass is 694 g/mol. The second-order valence-corrected chi connectivity index (χ2v) is 16.0. The van der Waals surface area contributed by atoms with E-state index in [0.29, 0.717) is 11.1 Å². The molecule has 0 fully saturated rings. The molecule has 53 heavy (non-hydrogen) atoms. The average Bonchev–Trinajstić information content (AvgIpc) is 3.26. The zero-order chi connectivity index (χ0) is 45.2. The first-order valence-electron chi connectivity index (χ1n) is 23.1. The van der Waals surface area contributed by atoms with Gasteiger partial charge in [-0.05, 0) is 109 Å². The van der Waals surface area contributed by atoms with Gasteiger partial charge in [0, 0.05) is 34.1 Å². The summed E-state index contributed by atoms with van der Waals surface area (Å²) in [5, 5.41) is 0. The van der Waals surface area contributed by atoms with E-state index in [-0.39, 0.29) is 52.8 Å². The van der Waals surface area contributed by atoms with Crippen molar-refractivity contribution in [3.8, 4) is 22.3 Å². The fourth-order valence-electron chi connectivity index (χ4n) is 7.80. The van der Waals surface area contributed by atoms with E-state index >= 15 is 0 Å². The molecule has 7 aromatic rings. The normalized spacial score (nSPS) is 16.0. The van der Waals surface area contributed by atoms with Gasteiger partial charge in [-0.1, -0.05) is 157 Å². The maximum absolute atomic E-state index is 8.94. The van der Waals surface area contributed by atoms with E-state index in [1.807, 2.05) is 30.3 Å². The van der Waals surface area contributed by atoms with Crippen molar-refractivity contribution < 1.29 is 13.7 Å². The molecule has 0 saturated carbocycles. The molecule has 0 saturated heterocycles. The van der Waals surface area contributed by atoms with Crippen molar-refractivity contribution in [2.75, 3.05) is 9.80 Å². The van der Waals surface area contributed by atoms with Crippen LogP contribution >= 0.6 is 0 Å². The fourth-order valence-corrected chi connectivity index (χ4v) is 7.80. The molecule has 258 valence electrons. The van der Waals surface area contributed by atoms with Crippen LogP contribution in [-0.4, -0.2) is 6.71 Å². The molecule has 7 aromatic carbocycles. The Morgan fingerprint density at radius 2 is 0.887 bits per heavy atom. The van der Waals surface area contributed by atoms with Gasteiger partial charge in [0.2, 0.25) is 0 Å². The molecule has 9 rings (SSSR count). The van der Waals surface area contributed by atoms with Crippen molar-refractivity contribution in [2.45, 2.75) is 52.4 Å². The Bertz CT molecular complexity index is 2990. The number of fused-ring (bicyclic) bond motifs is 4. The minimum atomic E-state index is -0.449. The highest BCUT2D eigenvalue weighted by Crippen LogP contribution is 2.45. The topological polar surface area (TPSA) is 6.48 Å². The third kappa shape index (κ3) is 5.67. The minimum absolute atomic E-state index is 0.0444. The summed E-state index contributed by atoms with van der Waals surface area (Å²) in [6.07, 6.45) is 0. The minimum Gasteiger partial charge on any atom is -0.311 e. The summed E-state index contributed by atoms with van der Waals surface area (Å²) in [5.41, 5.74) is 11.8. The highest BCUT2D eigenvalue weighted by atomic mass is 15.2. The lowest BCUT2D eigenvalue weighted by atomic mass is 9.33. The van der Waals surface area contributed by atoms with Crippen LogP contribution in [0.5, 0.6) is 0 Å². The van der Waals surface area contributed by atoms with Gasteiger partial charge in [-0.2, -0.15) is 0 Å². The lowest BCUT2D eigenvalue weighted by molar-refractivity contribution is 0.590. The molecule has 2 nitrogen and oxygen atoms in total. The molecule has 0 N–H and O–H groups in total. The molecule has 2 aliphatic rings. The fraction of sp³-hybridized carbons (Fsp3) is 0.160. The summed E-state index contributed by atoms with van der Waals surface area (Å²) < 4.78 is 85.2. The Balaban J connectivity index is 1.33. The Labute approximate surface area is 329 Å². The molecule has 2 heterocycles. The Hall–Kier alpha value is -5.80. The van der Waals surface area contributed by atoms with Gasteiger partial charge in [0.15, 0.2) is 0 Å². The molecule has 0 spiro atoms. The van der Waals surface area contributed by atoms with Crippen LogP contribution in [0.4, 0.5) is 34.1 Å². The van der Waals surface area contributed by atoms with Crippen LogP contribution in [-0.2, 0) is 10.8 Å². The highest BCUT2D eigenvalue weighted by Gasteiger charge is 2.43. The van der Waals surface area contributed by atoms with Crippen LogP contribution in [0.15, 0.2) is 164 Å². The first kappa shape index (κ1) is 23.7. The quantitative estimate of drug-likeness (QED) is 0.169. The van der Waals surface area contributed by atoms with E-state index in [9.17, 15) is 0 Å². The molecule has 0 amide bonds. The van der Waals surface area contributed by atoms with E-state index in [2.05, 4.69) is 112 Å². The zero-order valence-corrected chi connectivity index (χ0v) is 30.8. The SMILES string of the molecule is [2H]c1c([2H])c([2H])c(-c2ccc(N3c4ccc(-c5c([2H])c([2H])c([2H])c([2H])c5[2H])cc4B4c5cc(C(C)(C)C)ccc5N(c5ccc(C(C)(C)C)cc5)c5cccc3c54)cc2)c([2H])c1[2H]. The number of hydrogen-bond donors (Lipinski definition) is 0. The first-order chi connectivity index (χ1) is 29.7. The number of anilines is 6. The van der Waals surface area contributed by atoms with Crippen molar-refractivity contribution in [1.82, 2.24) is 0 Å². The number of nitrogens with zero attached hydrogens (tertiary/aromatic N) is 2. The molecule has 2 aliphatic heterocycles. The van der Waals surface area contributed by atoms with Gasteiger partial charge in [-0.3, -0.25) is 0 Å². The summed E-state index contributed by atoms with van der Waals surface area (Å²) in [4.78, 5) is 4.47. The first-order valence-corrected chi connectivity index (χ1v) is 18.1. The van der Waals surface area contributed by atoms with Gasteiger partial charge >= 0.3 is 0 Å². The second kappa shape index (κ2) is 12.4. The summed E-state index contributed by atoms with van der Waals surface area (Å²) >= 11 is 0. The number of rotatable bonds is 4. The largest absolute Gasteiger partial charge is 0.311 e. The molecular weight excluding hydrogens is 639 g/mol. The van der Waals surface area contributed by atoms with Gasteiger partial charge < -0.3 is 9.80 Å². The predicted octanol–water partition coefficient (Wildman–Crippen LogP) is 11.7. The van der Waals surface area contributed by atoms with Crippen LogP contribution in [0.3, 0.4) is 0 Å². The molecule has 3 heteroatoms. The van der Waals surface area contributed by atoms with Crippen molar-refractivity contribution >= 4 is 57.2 Å². The van der Waals surface area contributed by atoms with E-state index in [1.54, 1.807) is 12.1 Å². The Morgan fingerprint density at radius 3 is 1.43 bits per heavy atom. The lowest BCUT2D eigenvalue weighted by Gasteiger charge is -2.44. The van der Waals surface area contributed by atoms with Crippen LogP contribution in [0.1, 0.15) is 66.4 Å². The van der Waals surface area contributed by atoms with Gasteiger partial charge in [0.05, 0.1) is 13.7 Å². The predicted molar refractivity (Wildman–Crippen MR) is 229 cm³/mol. The summed E-state index contributed by atoms with van der Waals surface area (Å²) in [5.74, 6) is 0. The third-order valence-electron chi connectivity index (χ3n) is 10.5. The van der Waals surface area contributed by atoms with Crippen LogP contribution < -0.4 is 26.2 Å². The molecule has 0 aliphatic carbocycles. The van der Waals surface area contributed by atoms with E-state index in [1.165, 1.54) is 5.56 Å². The Morgan fingerprint density at radius 1 is 0.434 bits per heavy atom. The van der Waals surface area contributed by atoms with Crippen molar-refractivity contribution in [2.24, 2.45) is 0 Å². The van der Waals surface area contributed by atoms with Gasteiger partial charge in [-0.25, -0.2) is 0 Å². The number of benzene rings is 7. The van der Waals surface area contributed by atoms with Crippen molar-refractivity contribution in [1.29, 1.82) is 0 Å². The second-order valence-electron chi connectivity index (χ2n) is 16.0. The van der Waals surface area contributed by atoms with E-state index in [4.69, 9.17) is 13.7 Å². The standard InChI is InChI=1S/C50H45BN2/c1-49(2,3)38-23-28-41(29-24-38)53-45-31-25-39(50(4,5)6)33-43(45)51-42-32-37(35-16-11-8-12-17-35)22-30-44(42)52(46-18-13-19-47(53)48(46)51)40-26-20-36(21-27-40)34-14-9-7-10-15-34/h7-33H,1-6H3/i7D,8D,9D,10D,11D,12D,14D,15D,16D,17D. The summed E-state index contributed by atoms with van der Waals surface area (Å²) in [6, 6.07) is 31.2. The maximum atomic E-state index is 8.94. The molecule has 0 aromatic heterocycles. The van der Waals surface area contributed by atoms with Crippen molar-refractivity contribution in [3.05, 3.63) is 175 Å². The smallest absolute Gasteiger partial charge is 0.252 e. The lowest BCUT2D eigenvalue weighted by Crippen LogP contribution is -2.61. The van der Waals surface area contributed by atoms with Crippen molar-refractivity contribution in [3.63, 3.8) is 0 Å². The van der Waals surface area contributed by atoms with Crippen LogP contribution in [0.2, 0.25) is 0 Å². The van der Waals surface area contributed by atoms with E-state index < -0.39 is 36.3 Å². The molecular formula is C50H45BN2. The molecule has 0 atom stereocenters. The number of hydrogen-bond acceptors (Lipinski definition) is 2. The van der Waals surface area contributed by atoms with Gasteiger partial charge in [-0.15, -0.1) is 0 Å².